The average molecular weight is 525 g/mol. The summed E-state index contributed by atoms with van der Waals surface area (Å²) >= 11 is 4.02. The number of esters is 2. The van der Waals surface area contributed by atoms with Crippen LogP contribution in [0.1, 0.15) is 48.9 Å². The number of fused-ring (bicyclic) bond motifs is 1. The Hall–Kier alpha value is -3.70. The Bertz CT molecular complexity index is 1370. The maximum Gasteiger partial charge on any atom is 0.338 e. The van der Waals surface area contributed by atoms with Crippen molar-refractivity contribution in [1.29, 1.82) is 0 Å². The molecule has 0 spiro atoms. The second-order valence-electron chi connectivity index (χ2n) is 8.79. The summed E-state index contributed by atoms with van der Waals surface area (Å²) in [4.78, 5) is 26.5. The Kier molecular flexibility index (Phi) is 5.30. The molecule has 0 aromatic heterocycles. The van der Waals surface area contributed by atoms with E-state index in [9.17, 15) is 9.59 Å². The van der Waals surface area contributed by atoms with Gasteiger partial charge in [0.05, 0.1) is 17.0 Å². The molecule has 4 aromatic carbocycles. The summed E-state index contributed by atoms with van der Waals surface area (Å²) in [7, 11) is 0. The summed E-state index contributed by atoms with van der Waals surface area (Å²) in [6, 6.07) is 33.9. The predicted octanol–water partition coefficient (Wildman–Crippen LogP) is 6.24. The highest BCUT2D eigenvalue weighted by atomic mass is 79.9. The molecular weight excluding hydrogens is 504 g/mol. The average Bonchev–Trinajstić information content (AvgIpc) is 2.91. The molecule has 35 heavy (non-hydrogen) atoms. The number of alkyl halides is 1. The van der Waals surface area contributed by atoms with Gasteiger partial charge in [-0.2, -0.15) is 0 Å². The zero-order valence-corrected chi connectivity index (χ0v) is 20.2. The highest BCUT2D eigenvalue weighted by Gasteiger charge is 2.61. The smallest absolute Gasteiger partial charge is 0.338 e. The molecule has 3 aliphatic rings. The van der Waals surface area contributed by atoms with Gasteiger partial charge in [0.1, 0.15) is 4.32 Å². The van der Waals surface area contributed by atoms with Crippen LogP contribution in [0.5, 0.6) is 0 Å². The molecule has 3 aliphatic carbocycles. The molecule has 0 saturated carbocycles. The second kappa shape index (κ2) is 8.51. The summed E-state index contributed by atoms with van der Waals surface area (Å²) in [5.41, 5.74) is 5.04. The van der Waals surface area contributed by atoms with Crippen molar-refractivity contribution in [3.05, 3.63) is 143 Å². The standard InChI is InChI=1S/C30H21BrO4/c31-30-23-17-9-7-15-21(23)25(22-16-8-10-18-24(22)30)26(34-28(32)19-11-3-1-4-12-19)27(30)35-29(33)20-13-5-2-6-14-20/h1-18,25-27H. The van der Waals surface area contributed by atoms with E-state index in [1.807, 2.05) is 48.5 Å². The van der Waals surface area contributed by atoms with Crippen LogP contribution in [-0.2, 0) is 13.8 Å². The van der Waals surface area contributed by atoms with E-state index in [-0.39, 0.29) is 5.92 Å². The Morgan fingerprint density at radius 2 is 1.03 bits per heavy atom. The molecule has 4 nitrogen and oxygen atoms in total. The lowest BCUT2D eigenvalue weighted by atomic mass is 9.60. The predicted molar refractivity (Wildman–Crippen MR) is 136 cm³/mol. The van der Waals surface area contributed by atoms with Crippen molar-refractivity contribution in [1.82, 2.24) is 0 Å². The zero-order valence-electron chi connectivity index (χ0n) is 18.6. The molecule has 0 N–H and O–H groups in total. The van der Waals surface area contributed by atoms with Crippen LogP contribution in [-0.4, -0.2) is 24.1 Å². The van der Waals surface area contributed by atoms with Gasteiger partial charge in [-0.3, -0.25) is 0 Å². The number of hydrogen-bond donors (Lipinski definition) is 0. The first-order valence-corrected chi connectivity index (χ1v) is 12.3. The summed E-state index contributed by atoms with van der Waals surface area (Å²) < 4.78 is 11.5. The molecule has 7 rings (SSSR count). The van der Waals surface area contributed by atoms with Gasteiger partial charge in [0.2, 0.25) is 0 Å². The molecule has 0 aliphatic heterocycles. The van der Waals surface area contributed by atoms with Crippen LogP contribution < -0.4 is 0 Å². The number of rotatable bonds is 4. The fourth-order valence-electron chi connectivity index (χ4n) is 5.37. The third-order valence-electron chi connectivity index (χ3n) is 6.89. The van der Waals surface area contributed by atoms with Gasteiger partial charge in [0.15, 0.2) is 12.2 Å². The first-order chi connectivity index (χ1) is 17.1. The molecule has 0 fully saturated rings. The fraction of sp³-hybridized carbons (Fsp3) is 0.133. The van der Waals surface area contributed by atoms with E-state index in [1.54, 1.807) is 48.5 Å². The van der Waals surface area contributed by atoms with Crippen molar-refractivity contribution < 1.29 is 19.1 Å². The zero-order chi connectivity index (χ0) is 24.0. The summed E-state index contributed by atoms with van der Waals surface area (Å²) in [5, 5.41) is 0. The molecule has 4 aromatic rings. The van der Waals surface area contributed by atoms with Crippen LogP contribution in [0.25, 0.3) is 0 Å². The third-order valence-corrected chi connectivity index (χ3v) is 8.20. The number of carbonyl (C=O) groups excluding carboxylic acids is 2. The van der Waals surface area contributed by atoms with Crippen molar-refractivity contribution in [3.63, 3.8) is 0 Å². The minimum atomic E-state index is -0.874. The van der Waals surface area contributed by atoms with E-state index in [0.717, 1.165) is 22.3 Å². The lowest BCUT2D eigenvalue weighted by Gasteiger charge is -2.53. The lowest BCUT2D eigenvalue weighted by Crippen LogP contribution is -2.58. The molecule has 0 heterocycles. The van der Waals surface area contributed by atoms with Crippen LogP contribution >= 0.6 is 15.9 Å². The summed E-state index contributed by atoms with van der Waals surface area (Å²) in [6.07, 6.45) is -1.50. The molecule has 172 valence electrons. The molecule has 0 amide bonds. The van der Waals surface area contributed by atoms with Crippen LogP contribution in [0.2, 0.25) is 0 Å². The number of hydrogen-bond acceptors (Lipinski definition) is 4. The van der Waals surface area contributed by atoms with Gasteiger partial charge in [-0.15, -0.1) is 0 Å². The Morgan fingerprint density at radius 1 is 0.600 bits per heavy atom. The van der Waals surface area contributed by atoms with Crippen molar-refractivity contribution in [3.8, 4) is 0 Å². The van der Waals surface area contributed by atoms with Crippen molar-refractivity contribution >= 4 is 27.9 Å². The van der Waals surface area contributed by atoms with Crippen LogP contribution in [0.15, 0.2) is 109 Å². The summed E-state index contributed by atoms with van der Waals surface area (Å²) in [5.74, 6) is -1.18. The van der Waals surface area contributed by atoms with Gasteiger partial charge in [-0.1, -0.05) is 101 Å². The number of benzene rings is 4. The molecule has 2 atom stereocenters. The van der Waals surface area contributed by atoms with E-state index in [4.69, 9.17) is 9.47 Å². The minimum Gasteiger partial charge on any atom is -0.454 e. The maximum atomic E-state index is 13.3. The Balaban J connectivity index is 1.50. The third kappa shape index (κ3) is 3.41. The van der Waals surface area contributed by atoms with E-state index in [1.165, 1.54) is 0 Å². The topological polar surface area (TPSA) is 52.6 Å². The molecule has 0 saturated heterocycles. The fourth-order valence-corrected chi connectivity index (χ4v) is 6.45. The number of ether oxygens (including phenoxy) is 2. The van der Waals surface area contributed by atoms with Crippen LogP contribution in [0, 0.1) is 0 Å². The Morgan fingerprint density at radius 3 is 1.54 bits per heavy atom. The Labute approximate surface area is 211 Å². The number of halogens is 1. The van der Waals surface area contributed by atoms with E-state index < -0.39 is 28.5 Å². The molecule has 2 bridgehead atoms. The SMILES string of the molecule is O=C(OC1C2c3ccccc3C(Br)(c3ccccc32)C1OC(=O)c1ccccc1)c1ccccc1. The quantitative estimate of drug-likeness (QED) is 0.234. The largest absolute Gasteiger partial charge is 0.454 e. The van der Waals surface area contributed by atoms with Crippen LogP contribution in [0.4, 0.5) is 0 Å². The monoisotopic (exact) mass is 524 g/mol. The molecular formula is C30H21BrO4. The lowest BCUT2D eigenvalue weighted by molar-refractivity contribution is -0.0600. The van der Waals surface area contributed by atoms with Crippen molar-refractivity contribution in [2.45, 2.75) is 22.5 Å². The van der Waals surface area contributed by atoms with Gasteiger partial charge in [-0.05, 0) is 46.5 Å². The van der Waals surface area contributed by atoms with Crippen LogP contribution in [0.3, 0.4) is 0 Å². The number of carbonyl (C=O) groups is 2. The maximum absolute atomic E-state index is 13.3. The first-order valence-electron chi connectivity index (χ1n) is 11.5. The van der Waals surface area contributed by atoms with Gasteiger partial charge in [-0.25, -0.2) is 9.59 Å². The minimum absolute atomic E-state index is 0.275. The van der Waals surface area contributed by atoms with Crippen molar-refractivity contribution in [2.24, 2.45) is 0 Å². The molecule has 0 radical (unpaired) electrons. The first kappa shape index (κ1) is 21.8. The normalized spacial score (nSPS) is 23.6. The highest BCUT2D eigenvalue weighted by molar-refractivity contribution is 9.09. The van der Waals surface area contributed by atoms with E-state index in [2.05, 4.69) is 28.1 Å². The van der Waals surface area contributed by atoms with Gasteiger partial charge < -0.3 is 9.47 Å². The van der Waals surface area contributed by atoms with E-state index >= 15 is 0 Å². The van der Waals surface area contributed by atoms with Gasteiger partial charge in [0.25, 0.3) is 0 Å². The van der Waals surface area contributed by atoms with Gasteiger partial charge in [0, 0.05) is 0 Å². The molecule has 5 heteroatoms. The van der Waals surface area contributed by atoms with Crippen molar-refractivity contribution in [2.75, 3.05) is 0 Å². The summed E-state index contributed by atoms with van der Waals surface area (Å²) in [6.45, 7) is 0. The van der Waals surface area contributed by atoms with Gasteiger partial charge >= 0.3 is 11.9 Å². The second-order valence-corrected chi connectivity index (χ2v) is 10.0. The highest BCUT2D eigenvalue weighted by Crippen LogP contribution is 2.61. The molecule has 2 unspecified atom stereocenters. The van der Waals surface area contributed by atoms with E-state index in [0.29, 0.717) is 11.1 Å².